The molecule has 1 saturated heterocycles. The molecule has 2 aromatic heterocycles. The molecule has 31 heavy (non-hydrogen) atoms. The molecule has 0 radical (unpaired) electrons. The van der Waals surface area contributed by atoms with Gasteiger partial charge in [0.05, 0.1) is 18.4 Å². The molecule has 4 rings (SSSR count). The van der Waals surface area contributed by atoms with Gasteiger partial charge in [-0.1, -0.05) is 18.2 Å². The van der Waals surface area contributed by atoms with Gasteiger partial charge < -0.3 is 20.5 Å². The van der Waals surface area contributed by atoms with Crippen molar-refractivity contribution in [1.82, 2.24) is 35.3 Å². The summed E-state index contributed by atoms with van der Waals surface area (Å²) in [4.78, 5) is 45.6. The Kier molecular flexibility index (Phi) is 6.25. The van der Waals surface area contributed by atoms with Crippen molar-refractivity contribution in [1.29, 1.82) is 0 Å². The zero-order chi connectivity index (χ0) is 21.6. The van der Waals surface area contributed by atoms with Crippen LogP contribution in [0, 0.1) is 0 Å². The summed E-state index contributed by atoms with van der Waals surface area (Å²) in [6, 6.07) is 8.95. The Labute approximate surface area is 178 Å². The van der Waals surface area contributed by atoms with E-state index in [0.29, 0.717) is 16.9 Å². The van der Waals surface area contributed by atoms with Crippen molar-refractivity contribution < 1.29 is 9.59 Å². The number of piperidine rings is 1. The monoisotopic (exact) mass is 423 g/mol. The largest absolute Gasteiger partial charge is 0.343 e. The molecule has 0 unspecified atom stereocenters. The maximum Gasteiger partial charge on any atom is 0.315 e. The van der Waals surface area contributed by atoms with Crippen LogP contribution >= 0.6 is 0 Å². The molecule has 3 heterocycles. The van der Waals surface area contributed by atoms with Gasteiger partial charge in [0.2, 0.25) is 5.91 Å². The van der Waals surface area contributed by atoms with Gasteiger partial charge in [-0.3, -0.25) is 9.59 Å². The van der Waals surface area contributed by atoms with Crippen LogP contribution in [0.1, 0.15) is 31.5 Å². The number of nitrogens with one attached hydrogen (secondary N) is 3. The van der Waals surface area contributed by atoms with Gasteiger partial charge in [-0.2, -0.15) is 5.10 Å². The number of carbonyl (C=O) groups excluding carboxylic acids is 2. The number of H-pyrrole nitrogens is 1. The fourth-order valence-electron chi connectivity index (χ4n) is 3.62. The predicted octanol–water partition coefficient (Wildman–Crippen LogP) is 1.31. The molecule has 1 aliphatic rings. The van der Waals surface area contributed by atoms with E-state index in [0.717, 1.165) is 31.6 Å². The Morgan fingerprint density at radius 3 is 2.61 bits per heavy atom. The number of aromatic amines is 1. The van der Waals surface area contributed by atoms with Crippen molar-refractivity contribution in [3.8, 4) is 5.69 Å². The minimum atomic E-state index is -0.425. The number of hydrogen-bond donors (Lipinski definition) is 3. The van der Waals surface area contributed by atoms with Gasteiger partial charge in [-0.05, 0) is 31.4 Å². The van der Waals surface area contributed by atoms with Crippen molar-refractivity contribution in [3.63, 3.8) is 0 Å². The number of urea groups is 1. The zero-order valence-electron chi connectivity index (χ0n) is 17.1. The highest BCUT2D eigenvalue weighted by molar-refractivity contribution is 5.78. The lowest BCUT2D eigenvalue weighted by Crippen LogP contribution is -2.40. The number of likely N-dealkylation sites (tertiary alicyclic amines) is 1. The van der Waals surface area contributed by atoms with Gasteiger partial charge >= 0.3 is 6.03 Å². The standard InChI is InChI=1S/C21H25N7O3/c29-18(27-11-5-2-6-12-27)9-10-22-21(31)23-14-17-25-19-16(20(30)26-17)13-24-28(19)15-7-3-1-4-8-15/h1,3-4,7-8,13H,2,5-6,9-12,14H2,(H2,22,23,31)(H,25,26,30). The number of benzene rings is 1. The highest BCUT2D eigenvalue weighted by atomic mass is 16.2. The van der Waals surface area contributed by atoms with E-state index in [1.165, 1.54) is 12.6 Å². The Morgan fingerprint density at radius 2 is 1.84 bits per heavy atom. The van der Waals surface area contributed by atoms with Gasteiger partial charge in [0.15, 0.2) is 5.65 Å². The normalized spacial score (nSPS) is 13.9. The molecular weight excluding hydrogens is 398 g/mol. The van der Waals surface area contributed by atoms with Crippen LogP contribution in [0.15, 0.2) is 41.3 Å². The Balaban J connectivity index is 1.34. The second-order valence-electron chi connectivity index (χ2n) is 7.44. The maximum atomic E-state index is 12.4. The van der Waals surface area contributed by atoms with E-state index in [2.05, 4.69) is 25.7 Å². The Morgan fingerprint density at radius 1 is 1.06 bits per heavy atom. The number of carbonyl (C=O) groups is 2. The molecule has 1 aromatic carbocycles. The van der Waals surface area contributed by atoms with Crippen LogP contribution in [0.2, 0.25) is 0 Å². The second kappa shape index (κ2) is 9.41. The van der Waals surface area contributed by atoms with Crippen LogP contribution in [-0.2, 0) is 11.3 Å². The minimum absolute atomic E-state index is 0.0387. The van der Waals surface area contributed by atoms with Crippen LogP contribution in [0.3, 0.4) is 0 Å². The number of para-hydroxylation sites is 1. The van der Waals surface area contributed by atoms with Crippen LogP contribution < -0.4 is 16.2 Å². The van der Waals surface area contributed by atoms with E-state index in [4.69, 9.17) is 0 Å². The smallest absolute Gasteiger partial charge is 0.315 e. The molecule has 1 fully saturated rings. The highest BCUT2D eigenvalue weighted by Gasteiger charge is 2.16. The summed E-state index contributed by atoms with van der Waals surface area (Å²) >= 11 is 0. The lowest BCUT2D eigenvalue weighted by atomic mass is 10.1. The van der Waals surface area contributed by atoms with Crippen molar-refractivity contribution in [3.05, 3.63) is 52.7 Å². The molecule has 3 amide bonds. The fraction of sp³-hybridized carbons (Fsp3) is 0.381. The molecule has 10 nitrogen and oxygen atoms in total. The molecule has 162 valence electrons. The van der Waals surface area contributed by atoms with Gasteiger partial charge in [0, 0.05) is 26.1 Å². The van der Waals surface area contributed by atoms with Gasteiger partial charge in [0.25, 0.3) is 5.56 Å². The molecule has 10 heteroatoms. The summed E-state index contributed by atoms with van der Waals surface area (Å²) in [5.41, 5.74) is 0.876. The van der Waals surface area contributed by atoms with Crippen LogP contribution in [-0.4, -0.2) is 56.2 Å². The molecule has 0 bridgehead atoms. The zero-order valence-corrected chi connectivity index (χ0v) is 17.1. The summed E-state index contributed by atoms with van der Waals surface area (Å²) in [5, 5.41) is 9.96. The second-order valence-corrected chi connectivity index (χ2v) is 7.44. The summed E-state index contributed by atoms with van der Waals surface area (Å²) in [7, 11) is 0. The molecule has 3 N–H and O–H groups in total. The quantitative estimate of drug-likeness (QED) is 0.551. The molecule has 0 saturated carbocycles. The molecule has 3 aromatic rings. The first-order valence-corrected chi connectivity index (χ1v) is 10.4. The first-order valence-electron chi connectivity index (χ1n) is 10.4. The summed E-state index contributed by atoms with van der Waals surface area (Å²) in [6.07, 6.45) is 4.98. The van der Waals surface area contributed by atoms with Crippen molar-refractivity contribution in [2.75, 3.05) is 19.6 Å². The Hall–Kier alpha value is -3.69. The van der Waals surface area contributed by atoms with Gasteiger partial charge in [-0.25, -0.2) is 14.5 Å². The minimum Gasteiger partial charge on any atom is -0.343 e. The SMILES string of the molecule is O=C(NCCC(=O)N1CCCCC1)NCc1nc2c(cnn2-c2ccccc2)c(=O)[nH]1. The third-order valence-corrected chi connectivity index (χ3v) is 5.24. The third kappa shape index (κ3) is 4.90. The number of nitrogens with zero attached hydrogens (tertiary/aromatic N) is 4. The lowest BCUT2D eigenvalue weighted by Gasteiger charge is -2.26. The van der Waals surface area contributed by atoms with Crippen LogP contribution in [0.4, 0.5) is 4.79 Å². The molecule has 0 atom stereocenters. The van der Waals surface area contributed by atoms with E-state index in [1.807, 2.05) is 35.2 Å². The Bertz CT molecular complexity index is 1120. The van der Waals surface area contributed by atoms with Crippen LogP contribution in [0.25, 0.3) is 16.7 Å². The van der Waals surface area contributed by atoms with Gasteiger partial charge in [0.1, 0.15) is 11.2 Å². The van der Waals surface area contributed by atoms with Crippen molar-refractivity contribution in [2.24, 2.45) is 0 Å². The molecule has 1 aliphatic heterocycles. The molecule has 0 spiro atoms. The van der Waals surface area contributed by atoms with Crippen LogP contribution in [0.5, 0.6) is 0 Å². The third-order valence-electron chi connectivity index (χ3n) is 5.24. The summed E-state index contributed by atoms with van der Waals surface area (Å²) < 4.78 is 1.58. The number of amides is 3. The van der Waals surface area contributed by atoms with E-state index in [1.54, 1.807) is 4.68 Å². The molecular formula is C21H25N7O3. The average Bonchev–Trinajstić information content (AvgIpc) is 3.23. The lowest BCUT2D eigenvalue weighted by molar-refractivity contribution is -0.131. The first kappa shape index (κ1) is 20.6. The van der Waals surface area contributed by atoms with E-state index in [-0.39, 0.29) is 31.0 Å². The van der Waals surface area contributed by atoms with E-state index >= 15 is 0 Å². The number of fused-ring (bicyclic) bond motifs is 1. The predicted molar refractivity (Wildman–Crippen MR) is 115 cm³/mol. The average molecular weight is 423 g/mol. The van der Waals surface area contributed by atoms with Crippen molar-refractivity contribution in [2.45, 2.75) is 32.2 Å². The summed E-state index contributed by atoms with van der Waals surface area (Å²) in [5.74, 6) is 0.375. The molecule has 0 aliphatic carbocycles. The highest BCUT2D eigenvalue weighted by Crippen LogP contribution is 2.13. The topological polar surface area (TPSA) is 125 Å². The van der Waals surface area contributed by atoms with Gasteiger partial charge in [-0.15, -0.1) is 0 Å². The van der Waals surface area contributed by atoms with E-state index in [9.17, 15) is 14.4 Å². The van der Waals surface area contributed by atoms with Crippen molar-refractivity contribution >= 4 is 23.0 Å². The fourth-order valence-corrected chi connectivity index (χ4v) is 3.62. The maximum absolute atomic E-state index is 12.4. The van der Waals surface area contributed by atoms with E-state index < -0.39 is 6.03 Å². The number of aromatic nitrogens is 4. The number of rotatable bonds is 6. The summed E-state index contributed by atoms with van der Waals surface area (Å²) in [6.45, 7) is 1.89. The first-order chi connectivity index (χ1) is 15.1. The number of hydrogen-bond acceptors (Lipinski definition) is 5.